The number of rotatable bonds is 4. The summed E-state index contributed by atoms with van der Waals surface area (Å²) in [6, 6.07) is 58.5. The number of thiophene rings is 1. The molecule has 0 bridgehead atoms. The maximum absolute atomic E-state index is 5.38. The van der Waals surface area contributed by atoms with Gasteiger partial charge in [-0.3, -0.25) is 4.57 Å². The lowest BCUT2D eigenvalue weighted by Crippen LogP contribution is -2.06. The highest BCUT2D eigenvalue weighted by atomic mass is 32.1. The van der Waals surface area contributed by atoms with Gasteiger partial charge >= 0.3 is 0 Å². The molecule has 0 amide bonds. The fourth-order valence-corrected chi connectivity index (χ4v) is 10.3. The molecule has 0 spiro atoms. The van der Waals surface area contributed by atoms with E-state index in [1.165, 1.54) is 63.8 Å². The van der Waals surface area contributed by atoms with Crippen LogP contribution in [0.4, 0.5) is 0 Å². The summed E-state index contributed by atoms with van der Waals surface area (Å²) < 4.78 is 7.35. The number of fused-ring (bicyclic) bond motifs is 5. The molecule has 254 valence electrons. The Morgan fingerprint density at radius 3 is 1.95 bits per heavy atom. The summed E-state index contributed by atoms with van der Waals surface area (Å²) in [6.45, 7) is 0. The molecule has 0 saturated heterocycles. The van der Waals surface area contributed by atoms with E-state index in [0.717, 1.165) is 38.5 Å². The van der Waals surface area contributed by atoms with Gasteiger partial charge in [0.2, 0.25) is 5.95 Å². The standard InChI is InChI=1S/C49H27N5S/c1-2-10-28(11-3-1)29-20-22-31(23-21-29)47-50-48(35-16-8-13-30-12-4-5-14-32(30)35)52-49(51-47)54-38-19-9-18-37-42(38)43-39(54)25-27-40-44(43)45-41(55-40)26-24-34-33-15-6-7-17-36(33)53(37)46(34)45/h1-27H. The molecule has 13 aromatic rings. The minimum atomic E-state index is 0.597. The summed E-state index contributed by atoms with van der Waals surface area (Å²) in [4.78, 5) is 15.9. The third-order valence-corrected chi connectivity index (χ3v) is 12.6. The molecule has 0 unspecified atom stereocenters. The van der Waals surface area contributed by atoms with Crippen LogP contribution in [0.25, 0.3) is 120 Å². The van der Waals surface area contributed by atoms with Gasteiger partial charge in [-0.15, -0.1) is 11.3 Å². The topological polar surface area (TPSA) is 48.0 Å². The van der Waals surface area contributed by atoms with Crippen LogP contribution in [0.5, 0.6) is 0 Å². The van der Waals surface area contributed by atoms with Crippen molar-refractivity contribution in [2.24, 2.45) is 0 Å². The first-order chi connectivity index (χ1) is 27.3. The van der Waals surface area contributed by atoms with E-state index in [1.807, 2.05) is 17.4 Å². The molecule has 0 aliphatic carbocycles. The zero-order chi connectivity index (χ0) is 35.8. The summed E-state index contributed by atoms with van der Waals surface area (Å²) in [5.74, 6) is 1.87. The van der Waals surface area contributed by atoms with Gasteiger partial charge in [0, 0.05) is 52.8 Å². The molecule has 0 atom stereocenters. The Hall–Kier alpha value is -7.15. The third kappa shape index (κ3) is 3.93. The maximum Gasteiger partial charge on any atom is 0.238 e. The van der Waals surface area contributed by atoms with Crippen molar-refractivity contribution in [2.75, 3.05) is 0 Å². The molecule has 0 saturated carbocycles. The lowest BCUT2D eigenvalue weighted by molar-refractivity contribution is 0.954. The maximum atomic E-state index is 5.38. The van der Waals surface area contributed by atoms with Crippen molar-refractivity contribution in [3.63, 3.8) is 0 Å². The highest BCUT2D eigenvalue weighted by molar-refractivity contribution is 7.26. The van der Waals surface area contributed by atoms with E-state index in [9.17, 15) is 0 Å². The molecular weight excluding hydrogens is 691 g/mol. The zero-order valence-corrected chi connectivity index (χ0v) is 30.0. The second-order valence-electron chi connectivity index (χ2n) is 14.4. The van der Waals surface area contributed by atoms with E-state index in [2.05, 4.69) is 167 Å². The molecular formula is C49H27N5S. The number of para-hydroxylation sites is 1. The van der Waals surface area contributed by atoms with Crippen LogP contribution in [0.2, 0.25) is 0 Å². The van der Waals surface area contributed by atoms with Crippen LogP contribution in [0.1, 0.15) is 0 Å². The molecule has 55 heavy (non-hydrogen) atoms. The Morgan fingerprint density at radius 1 is 0.382 bits per heavy atom. The number of hydrogen-bond donors (Lipinski definition) is 0. The van der Waals surface area contributed by atoms with Crippen molar-refractivity contribution >= 4 is 91.4 Å². The Labute approximate surface area is 317 Å². The number of nitrogens with zero attached hydrogens (tertiary/aromatic N) is 5. The second-order valence-corrected chi connectivity index (χ2v) is 15.5. The molecule has 0 N–H and O–H groups in total. The number of hydrogen-bond acceptors (Lipinski definition) is 4. The smallest absolute Gasteiger partial charge is 0.238 e. The van der Waals surface area contributed by atoms with Gasteiger partial charge in [-0.1, -0.05) is 127 Å². The van der Waals surface area contributed by atoms with E-state index < -0.39 is 0 Å². The highest BCUT2D eigenvalue weighted by Crippen LogP contribution is 2.50. The fraction of sp³-hybridized carbons (Fsp3) is 0. The molecule has 5 aromatic heterocycles. The van der Waals surface area contributed by atoms with E-state index in [1.54, 1.807) is 0 Å². The van der Waals surface area contributed by atoms with Crippen LogP contribution in [0.15, 0.2) is 164 Å². The molecule has 0 fully saturated rings. The van der Waals surface area contributed by atoms with Crippen LogP contribution in [-0.2, 0) is 0 Å². The van der Waals surface area contributed by atoms with Crippen LogP contribution in [0, 0.1) is 0 Å². The van der Waals surface area contributed by atoms with Crippen molar-refractivity contribution in [1.82, 2.24) is 23.9 Å². The van der Waals surface area contributed by atoms with Crippen molar-refractivity contribution in [3.8, 4) is 39.9 Å². The number of benzene rings is 8. The minimum Gasteiger partial charge on any atom is -0.308 e. The molecule has 0 aliphatic heterocycles. The van der Waals surface area contributed by atoms with Crippen LogP contribution >= 0.6 is 11.3 Å². The molecule has 5 heterocycles. The van der Waals surface area contributed by atoms with E-state index >= 15 is 0 Å². The van der Waals surface area contributed by atoms with Gasteiger partial charge in [0.25, 0.3) is 0 Å². The van der Waals surface area contributed by atoms with Gasteiger partial charge in [-0.2, -0.15) is 9.97 Å². The van der Waals surface area contributed by atoms with Gasteiger partial charge in [0.15, 0.2) is 11.6 Å². The average molecular weight is 718 g/mol. The summed E-state index contributed by atoms with van der Waals surface area (Å²) in [7, 11) is 0. The van der Waals surface area contributed by atoms with Crippen molar-refractivity contribution in [2.45, 2.75) is 0 Å². The second kappa shape index (κ2) is 10.7. The van der Waals surface area contributed by atoms with Crippen LogP contribution in [0.3, 0.4) is 0 Å². The van der Waals surface area contributed by atoms with Gasteiger partial charge in [0.1, 0.15) is 0 Å². The van der Waals surface area contributed by atoms with E-state index in [4.69, 9.17) is 15.0 Å². The molecule has 0 aliphatic rings. The van der Waals surface area contributed by atoms with Gasteiger partial charge in [-0.25, -0.2) is 4.98 Å². The third-order valence-electron chi connectivity index (χ3n) is 11.5. The summed E-state index contributed by atoms with van der Waals surface area (Å²) in [5.41, 5.74) is 10.1. The monoisotopic (exact) mass is 717 g/mol. The molecule has 5 nitrogen and oxygen atoms in total. The summed E-state index contributed by atoms with van der Waals surface area (Å²) in [6.07, 6.45) is 0. The van der Waals surface area contributed by atoms with E-state index in [0.29, 0.717) is 17.6 Å². The van der Waals surface area contributed by atoms with Crippen LogP contribution in [-0.4, -0.2) is 23.9 Å². The van der Waals surface area contributed by atoms with Gasteiger partial charge < -0.3 is 4.40 Å². The van der Waals surface area contributed by atoms with Crippen molar-refractivity contribution < 1.29 is 0 Å². The Morgan fingerprint density at radius 2 is 1.04 bits per heavy atom. The normalized spacial score (nSPS) is 12.4. The first-order valence-electron chi connectivity index (χ1n) is 18.5. The molecule has 13 rings (SSSR count). The van der Waals surface area contributed by atoms with Crippen molar-refractivity contribution in [3.05, 3.63) is 164 Å². The van der Waals surface area contributed by atoms with E-state index in [-0.39, 0.29) is 0 Å². The zero-order valence-electron chi connectivity index (χ0n) is 29.2. The lowest BCUT2D eigenvalue weighted by Gasteiger charge is -2.12. The predicted octanol–water partition coefficient (Wildman–Crippen LogP) is 12.9. The van der Waals surface area contributed by atoms with Crippen LogP contribution < -0.4 is 0 Å². The largest absolute Gasteiger partial charge is 0.308 e. The lowest BCUT2D eigenvalue weighted by atomic mass is 10.0. The molecule has 0 radical (unpaired) electrons. The predicted molar refractivity (Wildman–Crippen MR) is 229 cm³/mol. The molecule has 8 aromatic carbocycles. The summed E-state index contributed by atoms with van der Waals surface area (Å²) in [5, 5.41) is 9.89. The Kier molecular flexibility index (Phi) is 5.71. The first-order valence-corrected chi connectivity index (χ1v) is 19.4. The minimum absolute atomic E-state index is 0.597. The molecule has 6 heteroatoms. The van der Waals surface area contributed by atoms with Gasteiger partial charge in [0.05, 0.1) is 27.6 Å². The number of aromatic nitrogens is 5. The van der Waals surface area contributed by atoms with Crippen molar-refractivity contribution in [1.29, 1.82) is 0 Å². The Bertz CT molecular complexity index is 3640. The Balaban J connectivity index is 1.16. The summed E-state index contributed by atoms with van der Waals surface area (Å²) >= 11 is 1.87. The average Bonchev–Trinajstić information content (AvgIpc) is 3.88. The SMILES string of the molecule is c1ccc(-c2ccc(-c3nc(-c4cccc5ccccc45)nc(-n4c5ccc6sc7ccc8c9ccccc9n9c%10cccc4c%10c5c6c7c89)n3)cc2)cc1. The highest BCUT2D eigenvalue weighted by Gasteiger charge is 2.26. The van der Waals surface area contributed by atoms with Gasteiger partial charge in [-0.05, 0) is 58.3 Å². The first kappa shape index (κ1) is 29.3. The quantitative estimate of drug-likeness (QED) is 0.182. The fourth-order valence-electron chi connectivity index (χ4n) is 9.16.